The number of thioether (sulfide) groups is 1. The average Bonchev–Trinajstić information content (AvgIpc) is 3.55. The maximum atomic E-state index is 12.9. The van der Waals surface area contributed by atoms with Crippen LogP contribution in [0.4, 0.5) is 0 Å². The van der Waals surface area contributed by atoms with Crippen LogP contribution in [0.2, 0.25) is 0 Å². The highest BCUT2D eigenvalue weighted by atomic mass is 32.2. The molecule has 1 unspecified atom stereocenters. The Labute approximate surface area is 208 Å². The lowest BCUT2D eigenvalue weighted by molar-refractivity contribution is -0.118. The van der Waals surface area contributed by atoms with E-state index in [1.807, 2.05) is 6.07 Å². The number of morpholine rings is 1. The van der Waals surface area contributed by atoms with Crippen molar-refractivity contribution in [1.82, 2.24) is 15.5 Å². The van der Waals surface area contributed by atoms with E-state index in [1.54, 1.807) is 36.4 Å². The summed E-state index contributed by atoms with van der Waals surface area (Å²) in [6.45, 7) is 3.88. The van der Waals surface area contributed by atoms with Gasteiger partial charge < -0.3 is 29.4 Å². The van der Waals surface area contributed by atoms with Gasteiger partial charge in [-0.1, -0.05) is 30.4 Å². The first-order valence-corrected chi connectivity index (χ1v) is 12.4. The van der Waals surface area contributed by atoms with E-state index in [4.69, 9.17) is 26.1 Å². The Morgan fingerprint density at radius 2 is 1.91 bits per heavy atom. The number of amides is 2. The molecule has 0 aliphatic carbocycles. The van der Waals surface area contributed by atoms with Gasteiger partial charge in [0.1, 0.15) is 15.8 Å². The summed E-state index contributed by atoms with van der Waals surface area (Å²) < 4.78 is 17.5. The lowest BCUT2D eigenvalue weighted by Gasteiger charge is -2.28. The van der Waals surface area contributed by atoms with E-state index in [-0.39, 0.29) is 17.7 Å². The first kappa shape index (κ1) is 24.5. The molecule has 2 fully saturated rings. The zero-order valence-corrected chi connectivity index (χ0v) is 20.3. The Morgan fingerprint density at radius 1 is 1.12 bits per heavy atom. The van der Waals surface area contributed by atoms with Crippen LogP contribution < -0.4 is 10.6 Å². The van der Waals surface area contributed by atoms with E-state index < -0.39 is 5.91 Å². The standard InChI is InChI=1S/C24H27N3O5S2/c28-22(17-5-2-1-3-6-17)26-20(23(29)25-16-19-7-4-12-31-19)15-18-8-9-21(32-18)34-24(33)27-10-13-30-14-11-27/h1-3,5-6,8-9,15,19H,4,7,10-14,16H2,(H,25,29)(H,26,28)/b20-15-. The molecule has 2 saturated heterocycles. The van der Waals surface area contributed by atoms with Gasteiger partial charge in [0.05, 0.1) is 19.3 Å². The van der Waals surface area contributed by atoms with E-state index in [0.29, 0.717) is 47.1 Å². The molecular formula is C24H27N3O5S2. The second-order valence-corrected chi connectivity index (χ2v) is 9.49. The molecule has 2 aliphatic heterocycles. The molecule has 3 heterocycles. The Bertz CT molecular complexity index is 1030. The summed E-state index contributed by atoms with van der Waals surface area (Å²) in [6.07, 6.45) is 3.39. The van der Waals surface area contributed by atoms with Crippen LogP contribution in [0.5, 0.6) is 0 Å². The van der Waals surface area contributed by atoms with Crippen LogP contribution in [0, 0.1) is 0 Å². The van der Waals surface area contributed by atoms with Gasteiger partial charge in [-0.25, -0.2) is 0 Å². The number of rotatable bonds is 7. The van der Waals surface area contributed by atoms with Crippen molar-refractivity contribution in [3.05, 3.63) is 59.5 Å². The molecule has 2 amide bonds. The van der Waals surface area contributed by atoms with Crippen molar-refractivity contribution in [2.75, 3.05) is 39.5 Å². The van der Waals surface area contributed by atoms with Gasteiger partial charge in [0.25, 0.3) is 11.8 Å². The van der Waals surface area contributed by atoms with Crippen molar-refractivity contribution in [3.8, 4) is 0 Å². The van der Waals surface area contributed by atoms with Gasteiger partial charge in [0.15, 0.2) is 5.09 Å². The molecule has 4 rings (SSSR count). The van der Waals surface area contributed by atoms with Gasteiger partial charge in [-0.3, -0.25) is 9.59 Å². The normalized spacial score (nSPS) is 18.5. The van der Waals surface area contributed by atoms with E-state index in [0.717, 1.165) is 25.9 Å². The fraction of sp³-hybridized carbons (Fsp3) is 0.375. The number of ether oxygens (including phenoxy) is 2. The summed E-state index contributed by atoms with van der Waals surface area (Å²) in [5.41, 5.74) is 0.542. The third-order valence-corrected chi connectivity index (χ3v) is 6.75. The van der Waals surface area contributed by atoms with Crippen molar-refractivity contribution in [2.24, 2.45) is 0 Å². The average molecular weight is 502 g/mol. The molecule has 1 aromatic carbocycles. The van der Waals surface area contributed by atoms with Crippen molar-refractivity contribution in [2.45, 2.75) is 24.0 Å². The first-order valence-electron chi connectivity index (χ1n) is 11.2. The Kier molecular flexibility index (Phi) is 8.75. The summed E-state index contributed by atoms with van der Waals surface area (Å²) in [7, 11) is 0. The minimum atomic E-state index is -0.408. The molecule has 0 spiro atoms. The first-order chi connectivity index (χ1) is 16.6. The molecule has 1 aromatic heterocycles. The molecule has 0 radical (unpaired) electrons. The zero-order chi connectivity index (χ0) is 23.8. The van der Waals surface area contributed by atoms with Crippen LogP contribution in [0.3, 0.4) is 0 Å². The highest BCUT2D eigenvalue weighted by Crippen LogP contribution is 2.25. The smallest absolute Gasteiger partial charge is 0.268 e. The van der Waals surface area contributed by atoms with Gasteiger partial charge in [-0.15, -0.1) is 0 Å². The van der Waals surface area contributed by atoms with Gasteiger partial charge in [-0.2, -0.15) is 0 Å². The lowest BCUT2D eigenvalue weighted by Crippen LogP contribution is -2.38. The second kappa shape index (κ2) is 12.2. The van der Waals surface area contributed by atoms with Gasteiger partial charge >= 0.3 is 0 Å². The molecule has 0 saturated carbocycles. The fourth-order valence-electron chi connectivity index (χ4n) is 3.56. The molecule has 1 atom stereocenters. The number of carbonyl (C=O) groups excluding carboxylic acids is 2. The molecule has 8 nitrogen and oxygen atoms in total. The van der Waals surface area contributed by atoms with Gasteiger partial charge in [0, 0.05) is 37.9 Å². The summed E-state index contributed by atoms with van der Waals surface area (Å²) in [5, 5.41) is 6.17. The van der Waals surface area contributed by atoms with Crippen LogP contribution in [0.1, 0.15) is 29.0 Å². The number of carbonyl (C=O) groups is 2. The van der Waals surface area contributed by atoms with Crippen molar-refractivity contribution < 1.29 is 23.5 Å². The van der Waals surface area contributed by atoms with Crippen molar-refractivity contribution in [1.29, 1.82) is 0 Å². The Hall–Kier alpha value is -2.66. The van der Waals surface area contributed by atoms with Crippen LogP contribution >= 0.6 is 24.0 Å². The quantitative estimate of drug-likeness (QED) is 0.340. The highest BCUT2D eigenvalue weighted by Gasteiger charge is 2.20. The summed E-state index contributed by atoms with van der Waals surface area (Å²) >= 11 is 6.86. The molecular weight excluding hydrogens is 474 g/mol. The van der Waals surface area contributed by atoms with Crippen LogP contribution in [0.25, 0.3) is 6.08 Å². The van der Waals surface area contributed by atoms with E-state index in [1.165, 1.54) is 17.8 Å². The number of hydrogen-bond acceptors (Lipinski definition) is 7. The summed E-state index contributed by atoms with van der Waals surface area (Å²) in [5.74, 6) is -0.356. The van der Waals surface area contributed by atoms with Crippen LogP contribution in [-0.4, -0.2) is 66.6 Å². The van der Waals surface area contributed by atoms with Crippen LogP contribution in [0.15, 0.2) is 57.7 Å². The van der Waals surface area contributed by atoms with Crippen molar-refractivity contribution >= 4 is 46.2 Å². The Balaban J connectivity index is 1.45. The third kappa shape index (κ3) is 6.92. The number of furan rings is 1. The predicted octanol–water partition coefficient (Wildman–Crippen LogP) is 3.05. The largest absolute Gasteiger partial charge is 0.450 e. The summed E-state index contributed by atoms with van der Waals surface area (Å²) in [4.78, 5) is 27.7. The van der Waals surface area contributed by atoms with Gasteiger partial charge in [-0.05, 0) is 48.9 Å². The van der Waals surface area contributed by atoms with E-state index in [2.05, 4.69) is 15.5 Å². The molecule has 34 heavy (non-hydrogen) atoms. The lowest BCUT2D eigenvalue weighted by atomic mass is 10.2. The van der Waals surface area contributed by atoms with Crippen LogP contribution in [-0.2, 0) is 14.3 Å². The summed E-state index contributed by atoms with van der Waals surface area (Å²) in [6, 6.07) is 12.3. The van der Waals surface area contributed by atoms with E-state index >= 15 is 0 Å². The minimum Gasteiger partial charge on any atom is -0.450 e. The minimum absolute atomic E-state index is 0.0113. The molecule has 2 N–H and O–H groups in total. The SMILES string of the molecule is O=C(NCC1CCCO1)/C(=C/c1ccc(SC(=S)N2CCOCC2)o1)NC(=O)c1ccccc1. The molecule has 2 aromatic rings. The maximum absolute atomic E-state index is 12.9. The molecule has 10 heteroatoms. The number of thiocarbonyl (C=S) groups is 1. The zero-order valence-electron chi connectivity index (χ0n) is 18.7. The number of nitrogens with one attached hydrogen (secondary N) is 2. The highest BCUT2D eigenvalue weighted by molar-refractivity contribution is 8.22. The third-order valence-electron chi connectivity index (χ3n) is 5.39. The number of nitrogens with zero attached hydrogens (tertiary/aromatic N) is 1. The monoisotopic (exact) mass is 501 g/mol. The molecule has 2 aliphatic rings. The molecule has 0 bridgehead atoms. The Morgan fingerprint density at radius 3 is 2.65 bits per heavy atom. The predicted molar refractivity (Wildman–Crippen MR) is 133 cm³/mol. The van der Waals surface area contributed by atoms with E-state index in [9.17, 15) is 9.59 Å². The maximum Gasteiger partial charge on any atom is 0.268 e. The van der Waals surface area contributed by atoms with Crippen molar-refractivity contribution in [3.63, 3.8) is 0 Å². The number of benzene rings is 1. The molecule has 180 valence electrons. The topological polar surface area (TPSA) is 93.0 Å². The second-order valence-electron chi connectivity index (χ2n) is 7.85. The van der Waals surface area contributed by atoms with Gasteiger partial charge in [0.2, 0.25) is 0 Å². The number of hydrogen-bond donors (Lipinski definition) is 2. The fourth-order valence-corrected chi connectivity index (χ4v) is 4.74.